The standard InChI is InChI=1S/C8H17O4/c1-4-6-7-12-8(9,10-3)11-5-2/h4-7H2,1-3H3. The average Bonchev–Trinajstić information content (AvgIpc) is 2.06. The first-order valence-electron chi connectivity index (χ1n) is 4.22. The van der Waals surface area contributed by atoms with Crippen LogP contribution >= 0.6 is 0 Å². The van der Waals surface area contributed by atoms with Crippen molar-refractivity contribution in [3.63, 3.8) is 0 Å². The number of hydrogen-bond acceptors (Lipinski definition) is 3. The predicted octanol–water partition coefficient (Wildman–Crippen LogP) is 1.53. The van der Waals surface area contributed by atoms with Crippen LogP contribution in [-0.2, 0) is 19.3 Å². The lowest BCUT2D eigenvalue weighted by molar-refractivity contribution is -0.500. The molecule has 0 aliphatic heterocycles. The molecule has 0 aliphatic rings. The molecule has 1 unspecified atom stereocenters. The van der Waals surface area contributed by atoms with Crippen LogP contribution in [0.2, 0.25) is 0 Å². The van der Waals surface area contributed by atoms with E-state index >= 15 is 0 Å². The highest BCUT2D eigenvalue weighted by Gasteiger charge is 2.30. The number of rotatable bonds is 7. The molecule has 0 aromatic heterocycles. The Hall–Kier alpha value is -0.160. The molecule has 73 valence electrons. The maximum Gasteiger partial charge on any atom is 0.439 e. The van der Waals surface area contributed by atoms with Crippen molar-refractivity contribution in [2.45, 2.75) is 32.8 Å². The van der Waals surface area contributed by atoms with Gasteiger partial charge in [-0.15, -0.1) is 5.11 Å². The molecule has 0 aliphatic carbocycles. The smallest absolute Gasteiger partial charge is 0.305 e. The highest BCUT2D eigenvalue weighted by atomic mass is 17.0. The summed E-state index contributed by atoms with van der Waals surface area (Å²) < 4.78 is 14.1. The number of unbranched alkanes of at least 4 members (excludes halogenated alkanes) is 1. The lowest BCUT2D eigenvalue weighted by atomic mass is 10.4. The lowest BCUT2D eigenvalue weighted by Gasteiger charge is -2.22. The average molecular weight is 177 g/mol. The molecule has 4 heteroatoms. The number of ether oxygens (including phenoxy) is 3. The van der Waals surface area contributed by atoms with E-state index in [1.807, 2.05) is 6.92 Å². The SMILES string of the molecule is CCCCOC([O])(OC)OCC. The molecular weight excluding hydrogens is 160 g/mol. The Kier molecular flexibility index (Phi) is 6.28. The van der Waals surface area contributed by atoms with Crippen LogP contribution in [0, 0.1) is 0 Å². The molecule has 0 fully saturated rings. The first-order chi connectivity index (χ1) is 5.68. The summed E-state index contributed by atoms with van der Waals surface area (Å²) in [7, 11) is 1.27. The van der Waals surface area contributed by atoms with Crippen LogP contribution in [0.5, 0.6) is 0 Å². The second-order valence-corrected chi connectivity index (χ2v) is 2.34. The van der Waals surface area contributed by atoms with Gasteiger partial charge in [0.05, 0.1) is 13.2 Å². The maximum absolute atomic E-state index is 11.3. The molecule has 4 nitrogen and oxygen atoms in total. The maximum atomic E-state index is 11.3. The fraction of sp³-hybridized carbons (Fsp3) is 1.00. The summed E-state index contributed by atoms with van der Waals surface area (Å²) in [4.78, 5) is 0. The van der Waals surface area contributed by atoms with Crippen molar-refractivity contribution < 1.29 is 19.3 Å². The lowest BCUT2D eigenvalue weighted by Crippen LogP contribution is -2.36. The molecular formula is C8H17O4. The molecule has 0 saturated heterocycles. The molecule has 0 bridgehead atoms. The number of methoxy groups -OCH3 is 1. The highest BCUT2D eigenvalue weighted by Crippen LogP contribution is 2.11. The van der Waals surface area contributed by atoms with Gasteiger partial charge in [-0.2, -0.15) is 0 Å². The summed E-state index contributed by atoms with van der Waals surface area (Å²) in [6.07, 6.45) is -0.295. The van der Waals surface area contributed by atoms with Gasteiger partial charge in [0, 0.05) is 7.11 Å². The zero-order valence-electron chi connectivity index (χ0n) is 7.96. The highest BCUT2D eigenvalue weighted by molar-refractivity contribution is 4.36. The van der Waals surface area contributed by atoms with Crippen LogP contribution < -0.4 is 0 Å². The van der Waals surface area contributed by atoms with Crippen LogP contribution in [0.1, 0.15) is 26.7 Å². The van der Waals surface area contributed by atoms with Crippen molar-refractivity contribution in [2.24, 2.45) is 0 Å². The summed E-state index contributed by atoms with van der Waals surface area (Å²) in [6, 6.07) is 0. The summed E-state index contributed by atoms with van der Waals surface area (Å²) in [5.41, 5.74) is 0. The molecule has 0 spiro atoms. The van der Waals surface area contributed by atoms with Crippen LogP contribution in [0.25, 0.3) is 0 Å². The fourth-order valence-corrected chi connectivity index (χ4v) is 0.678. The minimum Gasteiger partial charge on any atom is -0.305 e. The fourth-order valence-electron chi connectivity index (χ4n) is 0.678. The van der Waals surface area contributed by atoms with Gasteiger partial charge in [0.1, 0.15) is 0 Å². The van der Waals surface area contributed by atoms with Gasteiger partial charge in [-0.3, -0.25) is 0 Å². The third kappa shape index (κ3) is 4.66. The molecule has 0 aromatic carbocycles. The minimum absolute atomic E-state index is 0.281. The Morgan fingerprint density at radius 2 is 1.92 bits per heavy atom. The normalized spacial score (nSPS) is 16.0. The predicted molar refractivity (Wildman–Crippen MR) is 42.9 cm³/mol. The van der Waals surface area contributed by atoms with Gasteiger partial charge in [0.15, 0.2) is 0 Å². The van der Waals surface area contributed by atoms with Gasteiger partial charge in [0.2, 0.25) is 0 Å². The van der Waals surface area contributed by atoms with Crippen molar-refractivity contribution in [1.82, 2.24) is 0 Å². The van der Waals surface area contributed by atoms with Crippen molar-refractivity contribution in [3.05, 3.63) is 0 Å². The van der Waals surface area contributed by atoms with E-state index in [0.29, 0.717) is 6.61 Å². The van der Waals surface area contributed by atoms with Gasteiger partial charge >= 0.3 is 6.16 Å². The Labute approximate surface area is 73.4 Å². The van der Waals surface area contributed by atoms with Crippen molar-refractivity contribution >= 4 is 0 Å². The summed E-state index contributed by atoms with van der Waals surface area (Å²) in [5.74, 6) is 0. The Bertz CT molecular complexity index is 107. The molecule has 0 heterocycles. The van der Waals surface area contributed by atoms with E-state index in [0.717, 1.165) is 12.8 Å². The summed E-state index contributed by atoms with van der Waals surface area (Å²) in [6.45, 7) is 4.38. The summed E-state index contributed by atoms with van der Waals surface area (Å²) in [5, 5.41) is 11.3. The second-order valence-electron chi connectivity index (χ2n) is 2.34. The Morgan fingerprint density at radius 3 is 2.33 bits per heavy atom. The van der Waals surface area contributed by atoms with E-state index in [9.17, 15) is 5.11 Å². The van der Waals surface area contributed by atoms with Crippen molar-refractivity contribution in [1.29, 1.82) is 0 Å². The first kappa shape index (κ1) is 11.8. The van der Waals surface area contributed by atoms with Crippen LogP contribution in [-0.4, -0.2) is 26.5 Å². The van der Waals surface area contributed by atoms with Crippen LogP contribution in [0.15, 0.2) is 0 Å². The molecule has 0 amide bonds. The molecule has 0 N–H and O–H groups in total. The van der Waals surface area contributed by atoms with E-state index in [1.54, 1.807) is 6.92 Å². The molecule has 1 radical (unpaired) electrons. The quantitative estimate of drug-likeness (QED) is 0.437. The topological polar surface area (TPSA) is 47.6 Å². The molecule has 12 heavy (non-hydrogen) atoms. The van der Waals surface area contributed by atoms with Crippen molar-refractivity contribution in [3.8, 4) is 0 Å². The van der Waals surface area contributed by atoms with E-state index in [-0.39, 0.29) is 6.61 Å². The Morgan fingerprint density at radius 1 is 1.25 bits per heavy atom. The van der Waals surface area contributed by atoms with Gasteiger partial charge in [-0.25, -0.2) is 0 Å². The van der Waals surface area contributed by atoms with Crippen LogP contribution in [0.4, 0.5) is 0 Å². The zero-order chi connectivity index (χ0) is 9.45. The third-order valence-corrected chi connectivity index (χ3v) is 1.35. The first-order valence-corrected chi connectivity index (χ1v) is 4.22. The van der Waals surface area contributed by atoms with Gasteiger partial charge < -0.3 is 14.2 Å². The van der Waals surface area contributed by atoms with Gasteiger partial charge in [0.25, 0.3) is 0 Å². The van der Waals surface area contributed by atoms with Gasteiger partial charge in [-0.05, 0) is 13.3 Å². The molecule has 0 rings (SSSR count). The minimum atomic E-state index is -2.11. The summed E-state index contributed by atoms with van der Waals surface area (Å²) >= 11 is 0. The molecule has 0 saturated carbocycles. The molecule has 0 aromatic rings. The number of hydrogen-bond donors (Lipinski definition) is 0. The molecule has 1 atom stereocenters. The largest absolute Gasteiger partial charge is 0.439 e. The van der Waals surface area contributed by atoms with Crippen molar-refractivity contribution in [2.75, 3.05) is 20.3 Å². The Balaban J connectivity index is 3.63. The van der Waals surface area contributed by atoms with Crippen LogP contribution in [0.3, 0.4) is 0 Å². The zero-order valence-corrected chi connectivity index (χ0v) is 7.96. The van der Waals surface area contributed by atoms with E-state index in [2.05, 4.69) is 4.74 Å². The van der Waals surface area contributed by atoms with E-state index < -0.39 is 6.16 Å². The van der Waals surface area contributed by atoms with E-state index in [4.69, 9.17) is 9.47 Å². The van der Waals surface area contributed by atoms with Gasteiger partial charge in [-0.1, -0.05) is 13.3 Å². The third-order valence-electron chi connectivity index (χ3n) is 1.35. The van der Waals surface area contributed by atoms with E-state index in [1.165, 1.54) is 7.11 Å². The monoisotopic (exact) mass is 177 g/mol. The second kappa shape index (κ2) is 6.37.